The van der Waals surface area contributed by atoms with Crippen molar-refractivity contribution in [2.24, 2.45) is 11.5 Å². The van der Waals surface area contributed by atoms with Gasteiger partial charge in [0.25, 0.3) is 5.91 Å². The molecule has 3 amide bonds. The zero-order valence-electron chi connectivity index (χ0n) is 8.94. The lowest BCUT2D eigenvalue weighted by atomic mass is 10.1. The third-order valence-electron chi connectivity index (χ3n) is 2.02. The van der Waals surface area contributed by atoms with E-state index >= 15 is 0 Å². The van der Waals surface area contributed by atoms with E-state index in [-0.39, 0.29) is 10.6 Å². The van der Waals surface area contributed by atoms with Crippen molar-refractivity contribution in [3.63, 3.8) is 0 Å². The Morgan fingerprint density at radius 1 is 1.22 bits per heavy atom. The summed E-state index contributed by atoms with van der Waals surface area (Å²) in [6, 6.07) is 1.60. The maximum absolute atomic E-state index is 13.4. The summed E-state index contributed by atoms with van der Waals surface area (Å²) in [6.07, 6.45) is 0. The average molecular weight is 274 g/mol. The summed E-state index contributed by atoms with van der Waals surface area (Å²) in [5.41, 5.74) is 9.33. The van der Waals surface area contributed by atoms with Crippen molar-refractivity contribution < 1.29 is 18.8 Å². The highest BCUT2D eigenvalue weighted by Crippen LogP contribution is 2.14. The van der Waals surface area contributed by atoms with Crippen LogP contribution in [0, 0.1) is 5.82 Å². The van der Waals surface area contributed by atoms with Gasteiger partial charge in [-0.1, -0.05) is 11.6 Å². The molecule has 0 fully saturated rings. The second-order valence-corrected chi connectivity index (χ2v) is 3.77. The van der Waals surface area contributed by atoms with E-state index < -0.39 is 29.6 Å². The monoisotopic (exact) mass is 273 g/mol. The van der Waals surface area contributed by atoms with Gasteiger partial charge in [0.2, 0.25) is 11.8 Å². The van der Waals surface area contributed by atoms with Crippen LogP contribution in [0.25, 0.3) is 0 Å². The van der Waals surface area contributed by atoms with E-state index in [9.17, 15) is 18.8 Å². The van der Waals surface area contributed by atoms with Gasteiger partial charge in [0.1, 0.15) is 5.82 Å². The molecule has 0 bridgehead atoms. The molecule has 0 radical (unpaired) electrons. The van der Waals surface area contributed by atoms with Crippen LogP contribution < -0.4 is 16.8 Å². The van der Waals surface area contributed by atoms with Crippen LogP contribution in [0.3, 0.4) is 0 Å². The number of amides is 3. The minimum absolute atomic E-state index is 0.102. The summed E-state index contributed by atoms with van der Waals surface area (Å²) in [6.45, 7) is 0. The average Bonchev–Trinajstić information content (AvgIpc) is 2.24. The summed E-state index contributed by atoms with van der Waals surface area (Å²) < 4.78 is 13.4. The van der Waals surface area contributed by atoms with Crippen molar-refractivity contribution in [3.8, 4) is 0 Å². The van der Waals surface area contributed by atoms with Crippen LogP contribution in [-0.4, -0.2) is 23.8 Å². The van der Waals surface area contributed by atoms with Gasteiger partial charge in [-0.3, -0.25) is 14.4 Å². The van der Waals surface area contributed by atoms with E-state index in [1.165, 1.54) is 6.07 Å². The molecular formula is C10H9ClFN3O3. The quantitative estimate of drug-likeness (QED) is 0.645. The molecular weight excluding hydrogens is 265 g/mol. The first kappa shape index (κ1) is 13.9. The van der Waals surface area contributed by atoms with Gasteiger partial charge in [-0.25, -0.2) is 4.39 Å². The Kier molecular flexibility index (Phi) is 4.22. The van der Waals surface area contributed by atoms with E-state index in [1.807, 2.05) is 5.32 Å². The lowest BCUT2D eigenvalue weighted by Crippen LogP contribution is -2.52. The molecule has 0 atom stereocenters. The molecule has 6 nitrogen and oxygen atoms in total. The Balaban J connectivity index is 2.94. The molecule has 0 aromatic heterocycles. The highest BCUT2D eigenvalue weighted by atomic mass is 35.5. The standard InChI is InChI=1S/C10H9ClFN3O3/c11-4-1-2-5(6(12)3-4)10(18)15-7(8(13)16)9(14)17/h1-3,7H,(H2,13,16)(H2,14,17)(H,15,18). The number of nitrogens with one attached hydrogen (secondary N) is 1. The predicted molar refractivity (Wildman–Crippen MR) is 61.1 cm³/mol. The molecule has 8 heteroatoms. The van der Waals surface area contributed by atoms with Gasteiger partial charge in [0, 0.05) is 5.02 Å². The van der Waals surface area contributed by atoms with Crippen molar-refractivity contribution >= 4 is 29.3 Å². The number of benzene rings is 1. The highest BCUT2D eigenvalue weighted by Gasteiger charge is 2.25. The number of hydrogen-bond acceptors (Lipinski definition) is 3. The highest BCUT2D eigenvalue weighted by molar-refractivity contribution is 6.30. The molecule has 1 aromatic carbocycles. The number of primary amides is 2. The number of carbonyl (C=O) groups excluding carboxylic acids is 3. The van der Waals surface area contributed by atoms with Crippen molar-refractivity contribution in [2.45, 2.75) is 6.04 Å². The Bertz CT molecular complexity index is 507. The van der Waals surface area contributed by atoms with E-state index in [0.717, 1.165) is 12.1 Å². The summed E-state index contributed by atoms with van der Waals surface area (Å²) >= 11 is 5.51. The molecule has 0 saturated heterocycles. The van der Waals surface area contributed by atoms with Crippen LogP contribution in [0.15, 0.2) is 18.2 Å². The SMILES string of the molecule is NC(=O)C(NC(=O)c1ccc(Cl)cc1F)C(N)=O. The van der Waals surface area contributed by atoms with E-state index in [2.05, 4.69) is 0 Å². The summed E-state index contributed by atoms with van der Waals surface area (Å²) in [7, 11) is 0. The molecule has 1 rings (SSSR count). The molecule has 1 aromatic rings. The van der Waals surface area contributed by atoms with Crippen LogP contribution >= 0.6 is 11.6 Å². The Morgan fingerprint density at radius 2 is 1.78 bits per heavy atom. The molecule has 0 aliphatic carbocycles. The Hall–Kier alpha value is -2.15. The van der Waals surface area contributed by atoms with Gasteiger partial charge in [-0.15, -0.1) is 0 Å². The van der Waals surface area contributed by atoms with Gasteiger partial charge in [0.05, 0.1) is 5.56 Å². The third kappa shape index (κ3) is 3.17. The molecule has 96 valence electrons. The second kappa shape index (κ2) is 5.46. The summed E-state index contributed by atoms with van der Waals surface area (Å²) in [5, 5.41) is 2.02. The molecule has 0 heterocycles. The third-order valence-corrected chi connectivity index (χ3v) is 2.26. The molecule has 0 spiro atoms. The second-order valence-electron chi connectivity index (χ2n) is 3.34. The van der Waals surface area contributed by atoms with Crippen LogP contribution in [-0.2, 0) is 9.59 Å². The maximum Gasteiger partial charge on any atom is 0.255 e. The number of nitrogens with two attached hydrogens (primary N) is 2. The van der Waals surface area contributed by atoms with Crippen molar-refractivity contribution in [1.29, 1.82) is 0 Å². The zero-order valence-corrected chi connectivity index (χ0v) is 9.70. The number of halogens is 2. The van der Waals surface area contributed by atoms with Crippen molar-refractivity contribution in [2.75, 3.05) is 0 Å². The minimum atomic E-state index is -1.70. The van der Waals surface area contributed by atoms with Crippen LogP contribution in [0.4, 0.5) is 4.39 Å². The van der Waals surface area contributed by atoms with E-state index in [1.54, 1.807) is 0 Å². The molecule has 0 aliphatic heterocycles. The fraction of sp³-hybridized carbons (Fsp3) is 0.100. The zero-order chi connectivity index (χ0) is 13.9. The Labute approximate surface area is 106 Å². The van der Waals surface area contributed by atoms with Crippen LogP contribution in [0.2, 0.25) is 5.02 Å². The van der Waals surface area contributed by atoms with Gasteiger partial charge in [-0.05, 0) is 18.2 Å². The van der Waals surface area contributed by atoms with Crippen molar-refractivity contribution in [3.05, 3.63) is 34.6 Å². The molecule has 0 aliphatic rings. The fourth-order valence-electron chi connectivity index (χ4n) is 1.16. The maximum atomic E-state index is 13.4. The lowest BCUT2D eigenvalue weighted by molar-refractivity contribution is -0.128. The normalized spacial score (nSPS) is 10.2. The van der Waals surface area contributed by atoms with E-state index in [0.29, 0.717) is 0 Å². The lowest BCUT2D eigenvalue weighted by Gasteiger charge is -2.12. The largest absolute Gasteiger partial charge is 0.367 e. The molecule has 0 saturated carbocycles. The van der Waals surface area contributed by atoms with Gasteiger partial charge in [0.15, 0.2) is 6.04 Å². The minimum Gasteiger partial charge on any atom is -0.367 e. The summed E-state index contributed by atoms with van der Waals surface area (Å²) in [5.74, 6) is -4.16. The molecule has 5 N–H and O–H groups in total. The van der Waals surface area contributed by atoms with Crippen LogP contribution in [0.5, 0.6) is 0 Å². The predicted octanol–water partition coefficient (Wildman–Crippen LogP) is -0.452. The number of hydrogen-bond donors (Lipinski definition) is 3. The van der Waals surface area contributed by atoms with Gasteiger partial charge in [-0.2, -0.15) is 0 Å². The fourth-order valence-corrected chi connectivity index (χ4v) is 1.32. The van der Waals surface area contributed by atoms with Crippen molar-refractivity contribution in [1.82, 2.24) is 5.32 Å². The first-order chi connectivity index (χ1) is 8.32. The first-order valence-corrected chi connectivity index (χ1v) is 5.05. The summed E-state index contributed by atoms with van der Waals surface area (Å²) in [4.78, 5) is 33.3. The Morgan fingerprint density at radius 3 is 2.22 bits per heavy atom. The molecule has 18 heavy (non-hydrogen) atoms. The smallest absolute Gasteiger partial charge is 0.255 e. The number of carbonyl (C=O) groups is 3. The first-order valence-electron chi connectivity index (χ1n) is 4.67. The van der Waals surface area contributed by atoms with Crippen LogP contribution in [0.1, 0.15) is 10.4 Å². The molecule has 0 unspecified atom stereocenters. The van der Waals surface area contributed by atoms with Gasteiger partial charge < -0.3 is 16.8 Å². The van der Waals surface area contributed by atoms with E-state index in [4.69, 9.17) is 23.1 Å². The number of rotatable bonds is 4. The van der Waals surface area contributed by atoms with Gasteiger partial charge >= 0.3 is 0 Å². The topological polar surface area (TPSA) is 115 Å².